The molecule has 27 heavy (non-hydrogen) atoms. The van der Waals surface area contributed by atoms with E-state index in [-0.39, 0.29) is 0 Å². The van der Waals surface area contributed by atoms with E-state index in [4.69, 9.17) is 0 Å². The summed E-state index contributed by atoms with van der Waals surface area (Å²) in [6.45, 7) is 2.23. The van der Waals surface area contributed by atoms with Crippen LogP contribution in [0.25, 0.3) is 38.6 Å². The van der Waals surface area contributed by atoms with E-state index in [1.807, 2.05) is 0 Å². The third kappa shape index (κ3) is 1.94. The largest absolute Gasteiger partial charge is 0.309 e. The molecule has 0 unspecified atom stereocenters. The molecule has 0 spiro atoms. The molecule has 1 nitrogen and oxygen atoms in total. The maximum absolute atomic E-state index is 2.45. The summed E-state index contributed by atoms with van der Waals surface area (Å²) in [5.74, 6) is 0. The lowest BCUT2D eigenvalue weighted by Gasteiger charge is -2.13. The van der Waals surface area contributed by atoms with Gasteiger partial charge in [-0.25, -0.2) is 0 Å². The van der Waals surface area contributed by atoms with Crippen LogP contribution < -0.4 is 0 Å². The van der Waals surface area contributed by atoms with Gasteiger partial charge >= 0.3 is 0 Å². The Bertz CT molecular complexity index is 1300. The lowest BCUT2D eigenvalue weighted by molar-refractivity contribution is 1.11. The van der Waals surface area contributed by atoms with Crippen molar-refractivity contribution in [2.24, 2.45) is 0 Å². The minimum atomic E-state index is 1.01. The molecule has 0 bridgehead atoms. The van der Waals surface area contributed by atoms with Crippen molar-refractivity contribution in [3.05, 3.63) is 102 Å². The Kier molecular flexibility index (Phi) is 2.93. The summed E-state index contributed by atoms with van der Waals surface area (Å²) in [4.78, 5) is 0. The molecule has 5 aromatic rings. The van der Waals surface area contributed by atoms with Gasteiger partial charge in [0.15, 0.2) is 0 Å². The highest BCUT2D eigenvalue weighted by molar-refractivity contribution is 6.09. The second-order valence-corrected chi connectivity index (χ2v) is 7.45. The predicted molar refractivity (Wildman–Crippen MR) is 114 cm³/mol. The van der Waals surface area contributed by atoms with Crippen molar-refractivity contribution in [3.63, 3.8) is 0 Å². The van der Waals surface area contributed by atoms with Crippen LogP contribution in [0.4, 0.5) is 0 Å². The van der Waals surface area contributed by atoms with Gasteiger partial charge in [-0.1, -0.05) is 66.7 Å². The van der Waals surface area contributed by atoms with Gasteiger partial charge < -0.3 is 4.57 Å². The van der Waals surface area contributed by atoms with Crippen LogP contribution in [0.5, 0.6) is 0 Å². The van der Waals surface area contributed by atoms with Gasteiger partial charge in [-0.2, -0.15) is 0 Å². The second kappa shape index (κ2) is 5.34. The monoisotopic (exact) mass is 345 g/mol. The molecule has 1 aliphatic rings. The highest BCUT2D eigenvalue weighted by atomic mass is 15.0. The Balaban J connectivity index is 1.72. The zero-order valence-corrected chi connectivity index (χ0v) is 15.2. The van der Waals surface area contributed by atoms with E-state index in [0.717, 1.165) is 6.42 Å². The average Bonchev–Trinajstić information content (AvgIpc) is 3.25. The highest BCUT2D eigenvalue weighted by Crippen LogP contribution is 2.42. The number of fused-ring (bicyclic) bond motifs is 6. The lowest BCUT2D eigenvalue weighted by atomic mass is 10.0. The molecule has 1 heteroatoms. The molecule has 0 saturated heterocycles. The van der Waals surface area contributed by atoms with E-state index >= 15 is 0 Å². The summed E-state index contributed by atoms with van der Waals surface area (Å²) >= 11 is 0. The maximum Gasteiger partial charge on any atom is 0.0541 e. The van der Waals surface area contributed by atoms with Crippen LogP contribution in [0.1, 0.15) is 16.7 Å². The molecule has 1 aliphatic carbocycles. The molecule has 0 N–H and O–H groups in total. The van der Waals surface area contributed by atoms with Gasteiger partial charge in [0.1, 0.15) is 0 Å². The molecule has 1 heterocycles. The first-order valence-electron chi connectivity index (χ1n) is 9.52. The highest BCUT2D eigenvalue weighted by Gasteiger charge is 2.24. The number of rotatable bonds is 1. The quantitative estimate of drug-likeness (QED) is 0.314. The molecule has 1 aromatic heterocycles. The van der Waals surface area contributed by atoms with Crippen LogP contribution in [0.15, 0.2) is 84.9 Å². The standard InChI is InChI=1S/C26H19N/c1-17-8-6-11-18-19-12-7-15-26(23(19)16-22(17)18)27-24-13-4-2-9-20(24)21-10-3-5-14-25(21)27/h2-15H,16H2,1H3. The van der Waals surface area contributed by atoms with Gasteiger partial charge in [0.2, 0.25) is 0 Å². The topological polar surface area (TPSA) is 4.93 Å². The Morgan fingerprint density at radius 2 is 1.19 bits per heavy atom. The van der Waals surface area contributed by atoms with Gasteiger partial charge in [0.25, 0.3) is 0 Å². The molecule has 0 fully saturated rings. The first-order chi connectivity index (χ1) is 13.3. The van der Waals surface area contributed by atoms with Crippen molar-refractivity contribution in [1.29, 1.82) is 0 Å². The molecular formula is C26H19N. The molecule has 0 amide bonds. The molecular weight excluding hydrogens is 326 g/mol. The number of hydrogen-bond donors (Lipinski definition) is 0. The minimum Gasteiger partial charge on any atom is -0.309 e. The summed E-state index contributed by atoms with van der Waals surface area (Å²) in [5.41, 5.74) is 10.9. The van der Waals surface area contributed by atoms with Crippen LogP contribution in [-0.4, -0.2) is 4.57 Å². The molecule has 6 rings (SSSR count). The Morgan fingerprint density at radius 3 is 1.89 bits per heavy atom. The Morgan fingerprint density at radius 1 is 0.593 bits per heavy atom. The number of nitrogens with zero attached hydrogens (tertiary/aromatic N) is 1. The van der Waals surface area contributed by atoms with Gasteiger partial charge in [-0.15, -0.1) is 0 Å². The SMILES string of the molecule is Cc1cccc2c1Cc1c-2cccc1-n1c2ccccc2c2ccccc21. The molecule has 0 atom stereocenters. The number of hydrogen-bond acceptors (Lipinski definition) is 0. The number of para-hydroxylation sites is 2. The van der Waals surface area contributed by atoms with Crippen molar-refractivity contribution in [2.75, 3.05) is 0 Å². The van der Waals surface area contributed by atoms with E-state index in [0.29, 0.717) is 0 Å². The van der Waals surface area contributed by atoms with Crippen LogP contribution >= 0.6 is 0 Å². The van der Waals surface area contributed by atoms with Crippen molar-refractivity contribution in [3.8, 4) is 16.8 Å². The summed E-state index contributed by atoms with van der Waals surface area (Å²) in [7, 11) is 0. The van der Waals surface area contributed by atoms with Crippen molar-refractivity contribution in [1.82, 2.24) is 4.57 Å². The third-order valence-corrected chi connectivity index (χ3v) is 6.03. The van der Waals surface area contributed by atoms with Crippen LogP contribution in [0.2, 0.25) is 0 Å². The first-order valence-corrected chi connectivity index (χ1v) is 9.52. The zero-order valence-electron chi connectivity index (χ0n) is 15.2. The van der Waals surface area contributed by atoms with E-state index in [1.165, 1.54) is 55.3 Å². The Labute approximate surface area is 158 Å². The molecule has 0 radical (unpaired) electrons. The smallest absolute Gasteiger partial charge is 0.0541 e. The van der Waals surface area contributed by atoms with Gasteiger partial charge in [0, 0.05) is 17.2 Å². The average molecular weight is 345 g/mol. The van der Waals surface area contributed by atoms with Crippen molar-refractivity contribution >= 4 is 21.8 Å². The fraction of sp³-hybridized carbons (Fsp3) is 0.0769. The molecule has 0 saturated carbocycles. The van der Waals surface area contributed by atoms with Crippen LogP contribution in [-0.2, 0) is 6.42 Å². The zero-order chi connectivity index (χ0) is 18.0. The summed E-state index contributed by atoms with van der Waals surface area (Å²) < 4.78 is 2.45. The Hall–Kier alpha value is -3.32. The van der Waals surface area contributed by atoms with E-state index in [1.54, 1.807) is 0 Å². The second-order valence-electron chi connectivity index (χ2n) is 7.45. The van der Waals surface area contributed by atoms with Crippen molar-refractivity contribution in [2.45, 2.75) is 13.3 Å². The fourth-order valence-corrected chi connectivity index (χ4v) is 4.77. The first kappa shape index (κ1) is 14.8. The molecule has 4 aromatic carbocycles. The summed E-state index contributed by atoms with van der Waals surface area (Å²) in [5, 5.41) is 2.63. The normalized spacial score (nSPS) is 12.5. The molecule has 128 valence electrons. The maximum atomic E-state index is 2.45. The number of benzene rings is 4. The van der Waals surface area contributed by atoms with Crippen LogP contribution in [0.3, 0.4) is 0 Å². The summed E-state index contributed by atoms with van der Waals surface area (Å²) in [6.07, 6.45) is 1.01. The van der Waals surface area contributed by atoms with Crippen molar-refractivity contribution < 1.29 is 0 Å². The van der Waals surface area contributed by atoms with Gasteiger partial charge in [0.05, 0.1) is 16.7 Å². The van der Waals surface area contributed by atoms with E-state index < -0.39 is 0 Å². The molecule has 0 aliphatic heterocycles. The van der Waals surface area contributed by atoms with Gasteiger partial charge in [-0.05, 0) is 52.9 Å². The third-order valence-electron chi connectivity index (χ3n) is 6.03. The van der Waals surface area contributed by atoms with E-state index in [2.05, 4.69) is 96.4 Å². The lowest BCUT2D eigenvalue weighted by Crippen LogP contribution is -1.99. The van der Waals surface area contributed by atoms with Crippen LogP contribution in [0, 0.1) is 6.92 Å². The number of aromatic nitrogens is 1. The van der Waals surface area contributed by atoms with E-state index in [9.17, 15) is 0 Å². The predicted octanol–water partition coefficient (Wildman–Crippen LogP) is 6.66. The fourth-order valence-electron chi connectivity index (χ4n) is 4.77. The summed E-state index contributed by atoms with van der Waals surface area (Å²) in [6, 6.07) is 30.9. The van der Waals surface area contributed by atoms with Gasteiger partial charge in [-0.3, -0.25) is 0 Å². The minimum absolute atomic E-state index is 1.01. The number of aryl methyl sites for hydroxylation is 1.